The van der Waals surface area contributed by atoms with Crippen LogP contribution in [0.4, 0.5) is 20.3 Å². The fourth-order valence-corrected chi connectivity index (χ4v) is 1.61. The molecule has 5 nitrogen and oxygen atoms in total. The standard InChI is InChI=1S/C14H14F2N4O/c1-2-5-17-14(21)12-7-13(19-8-18-12)20-11-4-3-9(15)6-10(11)16/h3-4,6-8H,2,5H2,1H3,(H,17,21)(H,18,19,20). The first-order valence-electron chi connectivity index (χ1n) is 6.42. The van der Waals surface area contributed by atoms with Gasteiger partial charge < -0.3 is 10.6 Å². The molecule has 0 aliphatic carbocycles. The van der Waals surface area contributed by atoms with Gasteiger partial charge in [0.2, 0.25) is 0 Å². The number of hydrogen-bond donors (Lipinski definition) is 2. The van der Waals surface area contributed by atoms with E-state index in [1.54, 1.807) is 0 Å². The van der Waals surface area contributed by atoms with Gasteiger partial charge in [-0.25, -0.2) is 18.7 Å². The number of carbonyl (C=O) groups excluding carboxylic acids is 1. The highest BCUT2D eigenvalue weighted by molar-refractivity contribution is 5.92. The molecule has 21 heavy (non-hydrogen) atoms. The maximum absolute atomic E-state index is 13.5. The van der Waals surface area contributed by atoms with Gasteiger partial charge in [0, 0.05) is 18.7 Å². The summed E-state index contributed by atoms with van der Waals surface area (Å²) in [6.45, 7) is 2.47. The molecule has 0 aliphatic rings. The molecular formula is C14H14F2N4O. The number of benzene rings is 1. The molecule has 1 amide bonds. The Bertz CT molecular complexity index is 649. The second-order valence-electron chi connectivity index (χ2n) is 4.29. The summed E-state index contributed by atoms with van der Waals surface area (Å²) in [5.74, 6) is -1.50. The van der Waals surface area contributed by atoms with Gasteiger partial charge in [-0.3, -0.25) is 4.79 Å². The van der Waals surface area contributed by atoms with Crippen molar-refractivity contribution in [3.05, 3.63) is 47.9 Å². The molecule has 2 aromatic rings. The summed E-state index contributed by atoms with van der Waals surface area (Å²) in [5.41, 5.74) is 0.235. The SMILES string of the molecule is CCCNC(=O)c1cc(Nc2ccc(F)cc2F)ncn1. The molecule has 0 bridgehead atoms. The molecule has 0 radical (unpaired) electrons. The van der Waals surface area contributed by atoms with Gasteiger partial charge in [0.15, 0.2) is 0 Å². The lowest BCUT2D eigenvalue weighted by molar-refractivity contribution is 0.0948. The summed E-state index contributed by atoms with van der Waals surface area (Å²) < 4.78 is 26.4. The van der Waals surface area contributed by atoms with Gasteiger partial charge >= 0.3 is 0 Å². The van der Waals surface area contributed by atoms with Crippen LogP contribution >= 0.6 is 0 Å². The summed E-state index contributed by atoms with van der Waals surface area (Å²) >= 11 is 0. The summed E-state index contributed by atoms with van der Waals surface area (Å²) in [4.78, 5) is 19.5. The quantitative estimate of drug-likeness (QED) is 0.889. The molecule has 110 valence electrons. The average Bonchev–Trinajstić information content (AvgIpc) is 2.48. The van der Waals surface area contributed by atoms with Crippen molar-refractivity contribution in [2.24, 2.45) is 0 Å². The number of rotatable bonds is 5. The largest absolute Gasteiger partial charge is 0.351 e. The Morgan fingerprint density at radius 1 is 1.24 bits per heavy atom. The van der Waals surface area contributed by atoms with Gasteiger partial charge in [0.1, 0.15) is 29.5 Å². The number of aromatic nitrogens is 2. The van der Waals surface area contributed by atoms with Crippen molar-refractivity contribution in [2.75, 3.05) is 11.9 Å². The van der Waals surface area contributed by atoms with Crippen molar-refractivity contribution in [1.29, 1.82) is 0 Å². The Morgan fingerprint density at radius 3 is 2.76 bits per heavy atom. The summed E-state index contributed by atoms with van der Waals surface area (Å²) in [7, 11) is 0. The fourth-order valence-electron chi connectivity index (χ4n) is 1.61. The molecule has 0 saturated heterocycles. The van der Waals surface area contributed by atoms with Crippen LogP contribution in [0.2, 0.25) is 0 Å². The van der Waals surface area contributed by atoms with E-state index in [0.717, 1.165) is 18.6 Å². The van der Waals surface area contributed by atoms with Crippen molar-refractivity contribution in [3.8, 4) is 0 Å². The van der Waals surface area contributed by atoms with E-state index < -0.39 is 11.6 Å². The smallest absolute Gasteiger partial charge is 0.270 e. The van der Waals surface area contributed by atoms with E-state index in [1.807, 2.05) is 6.92 Å². The molecule has 0 atom stereocenters. The number of anilines is 2. The Kier molecular flexibility index (Phi) is 4.76. The summed E-state index contributed by atoms with van der Waals surface area (Å²) in [6.07, 6.45) is 2.01. The number of amides is 1. The van der Waals surface area contributed by atoms with E-state index in [2.05, 4.69) is 20.6 Å². The van der Waals surface area contributed by atoms with Crippen molar-refractivity contribution >= 4 is 17.4 Å². The Labute approximate surface area is 120 Å². The second kappa shape index (κ2) is 6.74. The maximum Gasteiger partial charge on any atom is 0.270 e. The number of halogens is 2. The molecule has 0 spiro atoms. The van der Waals surface area contributed by atoms with E-state index in [4.69, 9.17) is 0 Å². The molecule has 1 aromatic heterocycles. The zero-order chi connectivity index (χ0) is 15.2. The van der Waals surface area contributed by atoms with E-state index >= 15 is 0 Å². The number of carbonyl (C=O) groups is 1. The first-order valence-corrected chi connectivity index (χ1v) is 6.42. The predicted octanol–water partition coefficient (Wildman–Crippen LogP) is 2.64. The molecule has 0 fully saturated rings. The van der Waals surface area contributed by atoms with Gasteiger partial charge in [-0.1, -0.05) is 6.92 Å². The lowest BCUT2D eigenvalue weighted by atomic mass is 10.3. The molecule has 1 heterocycles. The third kappa shape index (κ3) is 3.95. The zero-order valence-corrected chi connectivity index (χ0v) is 11.4. The van der Waals surface area contributed by atoms with Gasteiger partial charge in [0.25, 0.3) is 5.91 Å². The third-order valence-electron chi connectivity index (χ3n) is 2.63. The normalized spacial score (nSPS) is 10.2. The van der Waals surface area contributed by atoms with Crippen LogP contribution in [0, 0.1) is 11.6 Å². The van der Waals surface area contributed by atoms with Crippen molar-refractivity contribution in [1.82, 2.24) is 15.3 Å². The fraction of sp³-hybridized carbons (Fsp3) is 0.214. The predicted molar refractivity (Wildman–Crippen MR) is 74.3 cm³/mol. The molecule has 0 unspecified atom stereocenters. The van der Waals surface area contributed by atoms with Crippen LogP contribution < -0.4 is 10.6 Å². The van der Waals surface area contributed by atoms with Crippen molar-refractivity contribution in [2.45, 2.75) is 13.3 Å². The third-order valence-corrected chi connectivity index (χ3v) is 2.63. The van der Waals surface area contributed by atoms with E-state index in [0.29, 0.717) is 6.54 Å². The van der Waals surface area contributed by atoms with Crippen LogP contribution in [0.1, 0.15) is 23.8 Å². The minimum Gasteiger partial charge on any atom is -0.351 e. The van der Waals surface area contributed by atoms with Crippen LogP contribution in [0.3, 0.4) is 0 Å². The van der Waals surface area contributed by atoms with Crippen molar-refractivity contribution < 1.29 is 13.6 Å². The topological polar surface area (TPSA) is 66.9 Å². The monoisotopic (exact) mass is 292 g/mol. The van der Waals surface area contributed by atoms with Gasteiger partial charge in [-0.2, -0.15) is 0 Å². The van der Waals surface area contributed by atoms with Crippen molar-refractivity contribution in [3.63, 3.8) is 0 Å². The van der Waals surface area contributed by atoms with E-state index in [9.17, 15) is 13.6 Å². The van der Waals surface area contributed by atoms with Gasteiger partial charge in [0.05, 0.1) is 5.69 Å². The minimum atomic E-state index is -0.745. The average molecular weight is 292 g/mol. The highest BCUT2D eigenvalue weighted by Crippen LogP contribution is 2.19. The number of hydrogen-bond acceptors (Lipinski definition) is 4. The first-order chi connectivity index (χ1) is 10.1. The highest BCUT2D eigenvalue weighted by atomic mass is 19.1. The highest BCUT2D eigenvalue weighted by Gasteiger charge is 2.09. The van der Waals surface area contributed by atoms with Crippen LogP contribution in [0.15, 0.2) is 30.6 Å². The molecule has 0 aliphatic heterocycles. The van der Waals surface area contributed by atoms with E-state index in [-0.39, 0.29) is 23.1 Å². The maximum atomic E-state index is 13.5. The Hall–Kier alpha value is -2.57. The summed E-state index contributed by atoms with van der Waals surface area (Å²) in [5, 5.41) is 5.36. The lowest BCUT2D eigenvalue weighted by Gasteiger charge is -2.08. The molecule has 2 rings (SSSR count). The van der Waals surface area contributed by atoms with E-state index in [1.165, 1.54) is 18.5 Å². The first kappa shape index (κ1) is 14.8. The van der Waals surface area contributed by atoms with Crippen LogP contribution in [-0.2, 0) is 0 Å². The van der Waals surface area contributed by atoms with Crippen LogP contribution in [0.25, 0.3) is 0 Å². The second-order valence-corrected chi connectivity index (χ2v) is 4.29. The minimum absolute atomic E-state index is 0.0648. The lowest BCUT2D eigenvalue weighted by Crippen LogP contribution is -2.25. The van der Waals surface area contributed by atoms with Gasteiger partial charge in [-0.05, 0) is 18.6 Å². The molecular weight excluding hydrogens is 278 g/mol. The zero-order valence-electron chi connectivity index (χ0n) is 11.4. The van der Waals surface area contributed by atoms with Crippen LogP contribution in [-0.4, -0.2) is 22.4 Å². The number of nitrogens with one attached hydrogen (secondary N) is 2. The van der Waals surface area contributed by atoms with Crippen LogP contribution in [0.5, 0.6) is 0 Å². The van der Waals surface area contributed by atoms with Gasteiger partial charge in [-0.15, -0.1) is 0 Å². The molecule has 1 aromatic carbocycles. The molecule has 2 N–H and O–H groups in total. The number of nitrogens with zero attached hydrogens (tertiary/aromatic N) is 2. The Balaban J connectivity index is 2.15. The molecule has 7 heteroatoms. The Morgan fingerprint density at radius 2 is 2.05 bits per heavy atom. The summed E-state index contributed by atoms with van der Waals surface area (Å²) in [6, 6.07) is 4.54. The molecule has 0 saturated carbocycles.